The minimum absolute atomic E-state index is 0.0203. The highest BCUT2D eigenvalue weighted by molar-refractivity contribution is 7.18. The summed E-state index contributed by atoms with van der Waals surface area (Å²) in [4.78, 5) is 22.2. The first-order valence-corrected chi connectivity index (χ1v) is 7.50. The monoisotopic (exact) mass is 344 g/mol. The summed E-state index contributed by atoms with van der Waals surface area (Å²) in [6, 6.07) is 11.0. The lowest BCUT2D eigenvalue weighted by Crippen LogP contribution is -2.11. The topological polar surface area (TPSA) is 98.0 Å². The molecule has 0 spiro atoms. The number of hydrogen-bond donors (Lipinski definition) is 1. The van der Waals surface area contributed by atoms with E-state index in [1.165, 1.54) is 36.4 Å². The summed E-state index contributed by atoms with van der Waals surface area (Å²) in [7, 11) is 0. The summed E-state index contributed by atoms with van der Waals surface area (Å²) in [6.07, 6.45) is 0. The van der Waals surface area contributed by atoms with E-state index in [1.807, 2.05) is 0 Å². The third kappa shape index (κ3) is 3.41. The third-order valence-electron chi connectivity index (χ3n) is 3.08. The van der Waals surface area contributed by atoms with Crippen LogP contribution in [0.1, 0.15) is 10.4 Å². The standard InChI is InChI=1S/C15H9FN4O3S/c16-11-5-1-9(2-6-11)13(21)17-15-19-18-14(24-15)10-3-7-12(8-4-10)20(22)23/h1-8H,(H,17,19,21). The van der Waals surface area contributed by atoms with E-state index in [0.29, 0.717) is 16.1 Å². The van der Waals surface area contributed by atoms with Crippen LogP contribution in [-0.4, -0.2) is 21.0 Å². The van der Waals surface area contributed by atoms with Crippen LogP contribution in [0.4, 0.5) is 15.2 Å². The first kappa shape index (κ1) is 15.7. The Hall–Kier alpha value is -3.20. The number of benzene rings is 2. The largest absolute Gasteiger partial charge is 0.296 e. The van der Waals surface area contributed by atoms with Crippen LogP contribution in [0.25, 0.3) is 10.6 Å². The lowest BCUT2D eigenvalue weighted by molar-refractivity contribution is -0.384. The fourth-order valence-corrected chi connectivity index (χ4v) is 2.63. The van der Waals surface area contributed by atoms with E-state index in [-0.39, 0.29) is 10.8 Å². The van der Waals surface area contributed by atoms with Gasteiger partial charge in [0, 0.05) is 23.3 Å². The highest BCUT2D eigenvalue weighted by atomic mass is 32.1. The van der Waals surface area contributed by atoms with Gasteiger partial charge in [-0.05, 0) is 36.4 Å². The van der Waals surface area contributed by atoms with Gasteiger partial charge in [-0.2, -0.15) is 0 Å². The molecule has 1 amide bonds. The molecular weight excluding hydrogens is 335 g/mol. The predicted molar refractivity (Wildman–Crippen MR) is 86.4 cm³/mol. The van der Waals surface area contributed by atoms with Gasteiger partial charge in [0.25, 0.3) is 11.6 Å². The van der Waals surface area contributed by atoms with Crippen LogP contribution < -0.4 is 5.32 Å². The highest BCUT2D eigenvalue weighted by Gasteiger charge is 2.12. The highest BCUT2D eigenvalue weighted by Crippen LogP contribution is 2.28. The smallest absolute Gasteiger partial charge is 0.269 e. The van der Waals surface area contributed by atoms with Crippen LogP contribution in [-0.2, 0) is 0 Å². The summed E-state index contributed by atoms with van der Waals surface area (Å²) in [5, 5.41) is 21.8. The zero-order valence-corrected chi connectivity index (χ0v) is 12.8. The minimum Gasteiger partial charge on any atom is -0.296 e. The molecule has 1 N–H and O–H groups in total. The van der Waals surface area contributed by atoms with Crippen molar-refractivity contribution in [3.8, 4) is 10.6 Å². The molecule has 24 heavy (non-hydrogen) atoms. The van der Waals surface area contributed by atoms with Crippen molar-refractivity contribution in [2.45, 2.75) is 0 Å². The maximum absolute atomic E-state index is 12.9. The van der Waals surface area contributed by atoms with Crippen LogP contribution in [0.2, 0.25) is 0 Å². The van der Waals surface area contributed by atoms with Crippen LogP contribution in [0.5, 0.6) is 0 Å². The molecule has 120 valence electrons. The molecule has 0 saturated carbocycles. The Morgan fingerprint density at radius 3 is 2.38 bits per heavy atom. The Morgan fingerprint density at radius 1 is 1.08 bits per heavy atom. The van der Waals surface area contributed by atoms with Gasteiger partial charge < -0.3 is 0 Å². The number of nitro groups is 1. The zero-order chi connectivity index (χ0) is 17.1. The van der Waals surface area contributed by atoms with Crippen molar-refractivity contribution in [3.05, 3.63) is 70.0 Å². The van der Waals surface area contributed by atoms with Crippen LogP contribution in [0, 0.1) is 15.9 Å². The molecule has 0 bridgehead atoms. The molecule has 0 aliphatic rings. The van der Waals surface area contributed by atoms with Gasteiger partial charge in [0.2, 0.25) is 5.13 Å². The van der Waals surface area contributed by atoms with Crippen molar-refractivity contribution in [2.24, 2.45) is 0 Å². The molecule has 1 aromatic heterocycles. The van der Waals surface area contributed by atoms with Crippen LogP contribution >= 0.6 is 11.3 Å². The SMILES string of the molecule is O=C(Nc1nnc(-c2ccc([N+](=O)[O-])cc2)s1)c1ccc(F)cc1. The molecular formula is C15H9FN4O3S. The Balaban J connectivity index is 1.74. The van der Waals surface area contributed by atoms with Crippen molar-refractivity contribution in [2.75, 3.05) is 5.32 Å². The Kier molecular flexibility index (Phi) is 4.25. The van der Waals surface area contributed by atoms with Crippen molar-refractivity contribution in [1.29, 1.82) is 0 Å². The van der Waals surface area contributed by atoms with E-state index < -0.39 is 16.6 Å². The van der Waals surface area contributed by atoms with Crippen molar-refractivity contribution in [1.82, 2.24) is 10.2 Å². The number of carbonyl (C=O) groups excluding carboxylic acids is 1. The average molecular weight is 344 g/mol. The van der Waals surface area contributed by atoms with Gasteiger partial charge in [-0.25, -0.2) is 4.39 Å². The van der Waals surface area contributed by atoms with Crippen LogP contribution in [0.15, 0.2) is 48.5 Å². The molecule has 0 atom stereocenters. The molecule has 3 aromatic rings. The van der Waals surface area contributed by atoms with Crippen molar-refractivity contribution in [3.63, 3.8) is 0 Å². The predicted octanol–water partition coefficient (Wildman–Crippen LogP) is 3.50. The quantitative estimate of drug-likeness (QED) is 0.577. The van der Waals surface area contributed by atoms with Gasteiger partial charge >= 0.3 is 0 Å². The van der Waals surface area contributed by atoms with Gasteiger partial charge in [-0.1, -0.05) is 11.3 Å². The lowest BCUT2D eigenvalue weighted by Gasteiger charge is -2.00. The molecule has 2 aromatic carbocycles. The maximum Gasteiger partial charge on any atom is 0.269 e. The van der Waals surface area contributed by atoms with E-state index in [2.05, 4.69) is 15.5 Å². The Morgan fingerprint density at radius 2 is 1.75 bits per heavy atom. The number of nitro benzene ring substituents is 1. The number of amides is 1. The number of nitrogens with zero attached hydrogens (tertiary/aromatic N) is 3. The molecule has 3 rings (SSSR count). The molecule has 0 fully saturated rings. The molecule has 0 aliphatic heterocycles. The maximum atomic E-state index is 12.9. The number of hydrogen-bond acceptors (Lipinski definition) is 6. The number of anilines is 1. The van der Waals surface area contributed by atoms with Crippen molar-refractivity contribution >= 4 is 28.1 Å². The summed E-state index contributed by atoms with van der Waals surface area (Å²) in [5.74, 6) is -0.857. The summed E-state index contributed by atoms with van der Waals surface area (Å²) >= 11 is 1.13. The van der Waals surface area contributed by atoms with E-state index in [1.54, 1.807) is 12.1 Å². The number of nitrogens with one attached hydrogen (secondary N) is 1. The van der Waals surface area contributed by atoms with Gasteiger partial charge in [0.1, 0.15) is 10.8 Å². The molecule has 0 aliphatic carbocycles. The second-order valence-corrected chi connectivity index (χ2v) is 5.65. The molecule has 0 radical (unpaired) electrons. The molecule has 1 heterocycles. The van der Waals surface area contributed by atoms with Gasteiger partial charge in [0.15, 0.2) is 0 Å². The first-order chi connectivity index (χ1) is 11.5. The lowest BCUT2D eigenvalue weighted by atomic mass is 10.2. The number of rotatable bonds is 4. The number of aromatic nitrogens is 2. The van der Waals surface area contributed by atoms with Gasteiger partial charge in [-0.3, -0.25) is 20.2 Å². The van der Waals surface area contributed by atoms with E-state index >= 15 is 0 Å². The van der Waals surface area contributed by atoms with Gasteiger partial charge in [0.05, 0.1) is 4.92 Å². The Bertz CT molecular complexity index is 894. The normalized spacial score (nSPS) is 10.4. The number of halogens is 1. The molecule has 0 saturated heterocycles. The Labute approximate surface area is 138 Å². The number of carbonyl (C=O) groups is 1. The summed E-state index contributed by atoms with van der Waals surface area (Å²) in [5.41, 5.74) is 0.928. The van der Waals surface area contributed by atoms with E-state index in [9.17, 15) is 19.3 Å². The van der Waals surface area contributed by atoms with Crippen LogP contribution in [0.3, 0.4) is 0 Å². The molecule has 9 heteroatoms. The molecule has 0 unspecified atom stereocenters. The third-order valence-corrected chi connectivity index (χ3v) is 3.96. The van der Waals surface area contributed by atoms with Crippen molar-refractivity contribution < 1.29 is 14.1 Å². The fraction of sp³-hybridized carbons (Fsp3) is 0. The summed E-state index contributed by atoms with van der Waals surface area (Å²) in [6.45, 7) is 0. The zero-order valence-electron chi connectivity index (χ0n) is 12.0. The summed E-state index contributed by atoms with van der Waals surface area (Å²) < 4.78 is 12.9. The fourth-order valence-electron chi connectivity index (χ4n) is 1.89. The second-order valence-electron chi connectivity index (χ2n) is 4.68. The average Bonchev–Trinajstić information content (AvgIpc) is 3.04. The van der Waals surface area contributed by atoms with E-state index in [0.717, 1.165) is 11.3 Å². The minimum atomic E-state index is -0.488. The van der Waals surface area contributed by atoms with Gasteiger partial charge in [-0.15, -0.1) is 10.2 Å². The molecule has 7 nitrogen and oxygen atoms in total. The number of non-ortho nitro benzene ring substituents is 1. The van der Waals surface area contributed by atoms with E-state index in [4.69, 9.17) is 0 Å². The first-order valence-electron chi connectivity index (χ1n) is 6.68. The second kappa shape index (κ2) is 6.50.